The first kappa shape index (κ1) is 15.8. The summed E-state index contributed by atoms with van der Waals surface area (Å²) in [6, 6.07) is 5.73. The highest BCUT2D eigenvalue weighted by Gasteiger charge is 2.20. The number of sulfonamides is 1. The number of aryl methyl sites for hydroxylation is 2. The van der Waals surface area contributed by atoms with E-state index in [2.05, 4.69) is 4.72 Å². The summed E-state index contributed by atoms with van der Waals surface area (Å²) in [4.78, 5) is 11.0. The molecular weight excluding hydrogens is 334 g/mol. The van der Waals surface area contributed by atoms with Gasteiger partial charge in [-0.05, 0) is 43.2 Å². The van der Waals surface area contributed by atoms with Crippen molar-refractivity contribution in [1.29, 1.82) is 0 Å². The molecule has 0 bridgehead atoms. The molecule has 112 valence electrons. The SMILES string of the molecule is Cc1ccc(C(=O)O)cc1NS(=O)(=O)c1cc(C)c(Cl)s1. The van der Waals surface area contributed by atoms with Gasteiger partial charge in [0.2, 0.25) is 0 Å². The average Bonchev–Trinajstić information content (AvgIpc) is 2.73. The summed E-state index contributed by atoms with van der Waals surface area (Å²) < 4.78 is 27.5. The van der Waals surface area contributed by atoms with Crippen LogP contribution in [0.3, 0.4) is 0 Å². The third kappa shape index (κ3) is 3.37. The lowest BCUT2D eigenvalue weighted by molar-refractivity contribution is 0.0697. The summed E-state index contributed by atoms with van der Waals surface area (Å²) in [5.74, 6) is -1.12. The van der Waals surface area contributed by atoms with Gasteiger partial charge in [-0.15, -0.1) is 11.3 Å². The number of thiophene rings is 1. The zero-order chi connectivity index (χ0) is 15.8. The van der Waals surface area contributed by atoms with Crippen molar-refractivity contribution in [2.75, 3.05) is 4.72 Å². The molecule has 1 heterocycles. The molecule has 0 fully saturated rings. The molecule has 1 aromatic carbocycles. The first-order valence-electron chi connectivity index (χ1n) is 5.83. The predicted octanol–water partition coefficient (Wildman–Crippen LogP) is 3.52. The van der Waals surface area contributed by atoms with Gasteiger partial charge in [0.25, 0.3) is 10.0 Å². The third-order valence-corrected chi connectivity index (χ3v) is 6.22. The molecule has 0 saturated carbocycles. The number of carboxylic acid groups (broad SMARTS) is 1. The minimum atomic E-state index is -3.79. The van der Waals surface area contributed by atoms with Crippen LogP contribution in [-0.2, 0) is 10.0 Å². The van der Waals surface area contributed by atoms with Crippen molar-refractivity contribution >= 4 is 44.6 Å². The van der Waals surface area contributed by atoms with Gasteiger partial charge in [0.05, 0.1) is 15.6 Å². The highest BCUT2D eigenvalue weighted by Crippen LogP contribution is 2.31. The zero-order valence-corrected chi connectivity index (χ0v) is 13.6. The molecule has 0 amide bonds. The van der Waals surface area contributed by atoms with Crippen LogP contribution in [0.2, 0.25) is 4.34 Å². The van der Waals surface area contributed by atoms with E-state index in [1.54, 1.807) is 19.9 Å². The van der Waals surface area contributed by atoms with Crippen molar-refractivity contribution < 1.29 is 18.3 Å². The van der Waals surface area contributed by atoms with Crippen LogP contribution in [0.25, 0.3) is 0 Å². The Labute approximate surface area is 131 Å². The lowest BCUT2D eigenvalue weighted by atomic mass is 10.1. The molecule has 0 aliphatic heterocycles. The number of carbonyl (C=O) groups is 1. The van der Waals surface area contributed by atoms with E-state index in [1.165, 1.54) is 18.2 Å². The number of rotatable bonds is 4. The first-order valence-corrected chi connectivity index (χ1v) is 8.51. The molecule has 2 N–H and O–H groups in total. The minimum Gasteiger partial charge on any atom is -0.478 e. The molecule has 0 saturated heterocycles. The summed E-state index contributed by atoms with van der Waals surface area (Å²) >= 11 is 6.84. The van der Waals surface area contributed by atoms with E-state index in [1.807, 2.05) is 0 Å². The summed E-state index contributed by atoms with van der Waals surface area (Å²) in [6.07, 6.45) is 0. The highest BCUT2D eigenvalue weighted by atomic mass is 35.5. The van der Waals surface area contributed by atoms with Gasteiger partial charge in [0.1, 0.15) is 4.21 Å². The van der Waals surface area contributed by atoms with Crippen molar-refractivity contribution in [3.8, 4) is 0 Å². The number of carboxylic acids is 1. The van der Waals surface area contributed by atoms with E-state index in [0.717, 1.165) is 11.3 Å². The number of aromatic carboxylic acids is 1. The van der Waals surface area contributed by atoms with Crippen LogP contribution >= 0.6 is 22.9 Å². The van der Waals surface area contributed by atoms with Gasteiger partial charge >= 0.3 is 5.97 Å². The van der Waals surface area contributed by atoms with Crippen LogP contribution in [0.15, 0.2) is 28.5 Å². The predicted molar refractivity (Wildman–Crippen MR) is 83.0 cm³/mol. The monoisotopic (exact) mass is 345 g/mol. The summed E-state index contributed by atoms with van der Waals surface area (Å²) in [5, 5.41) is 8.96. The fourth-order valence-corrected chi connectivity index (χ4v) is 4.45. The number of halogens is 1. The quantitative estimate of drug-likeness (QED) is 0.888. The Hall–Kier alpha value is -1.57. The normalized spacial score (nSPS) is 11.4. The Balaban J connectivity index is 2.41. The molecule has 0 spiro atoms. The molecule has 5 nitrogen and oxygen atoms in total. The van der Waals surface area contributed by atoms with Crippen LogP contribution < -0.4 is 4.72 Å². The maximum absolute atomic E-state index is 12.3. The van der Waals surface area contributed by atoms with Gasteiger partial charge < -0.3 is 5.11 Å². The molecule has 0 atom stereocenters. The lowest BCUT2D eigenvalue weighted by Gasteiger charge is -2.10. The van der Waals surface area contributed by atoms with E-state index in [-0.39, 0.29) is 15.5 Å². The van der Waals surface area contributed by atoms with Gasteiger partial charge in [-0.1, -0.05) is 17.7 Å². The number of hydrogen-bond donors (Lipinski definition) is 2. The second-order valence-corrected chi connectivity index (χ2v) is 8.03. The Bertz CT molecular complexity index is 792. The van der Waals surface area contributed by atoms with Crippen molar-refractivity contribution in [1.82, 2.24) is 0 Å². The number of benzene rings is 1. The second kappa shape index (κ2) is 5.67. The Morgan fingerprint density at radius 2 is 1.90 bits per heavy atom. The van der Waals surface area contributed by atoms with Gasteiger partial charge in [0.15, 0.2) is 0 Å². The molecule has 1 aromatic heterocycles. The maximum atomic E-state index is 12.3. The molecule has 0 unspecified atom stereocenters. The van der Waals surface area contributed by atoms with Crippen molar-refractivity contribution in [3.05, 3.63) is 45.3 Å². The van der Waals surface area contributed by atoms with E-state index < -0.39 is 16.0 Å². The summed E-state index contributed by atoms with van der Waals surface area (Å²) in [6.45, 7) is 3.41. The van der Waals surface area contributed by atoms with Gasteiger partial charge in [-0.2, -0.15) is 0 Å². The van der Waals surface area contributed by atoms with E-state index >= 15 is 0 Å². The number of nitrogens with one attached hydrogen (secondary N) is 1. The smallest absolute Gasteiger partial charge is 0.335 e. The van der Waals surface area contributed by atoms with Gasteiger partial charge in [-0.25, -0.2) is 13.2 Å². The van der Waals surface area contributed by atoms with Gasteiger partial charge in [0, 0.05) is 0 Å². The largest absolute Gasteiger partial charge is 0.478 e. The average molecular weight is 346 g/mol. The van der Waals surface area contributed by atoms with Crippen molar-refractivity contribution in [2.45, 2.75) is 18.1 Å². The van der Waals surface area contributed by atoms with Crippen LogP contribution in [0.5, 0.6) is 0 Å². The van der Waals surface area contributed by atoms with Crippen molar-refractivity contribution in [3.63, 3.8) is 0 Å². The minimum absolute atomic E-state index is 0.0127. The maximum Gasteiger partial charge on any atom is 0.335 e. The number of anilines is 1. The molecule has 0 aliphatic carbocycles. The number of hydrogen-bond acceptors (Lipinski definition) is 4. The van der Waals surface area contributed by atoms with Crippen LogP contribution in [0.1, 0.15) is 21.5 Å². The first-order chi connectivity index (χ1) is 9.70. The summed E-state index contributed by atoms with van der Waals surface area (Å²) in [7, 11) is -3.79. The molecule has 0 aliphatic rings. The molecule has 0 radical (unpaired) electrons. The Kier molecular flexibility index (Phi) is 4.27. The molecular formula is C13H12ClNO4S2. The fraction of sp³-hybridized carbons (Fsp3) is 0.154. The third-order valence-electron chi connectivity index (χ3n) is 2.83. The van der Waals surface area contributed by atoms with Crippen LogP contribution in [-0.4, -0.2) is 19.5 Å². The van der Waals surface area contributed by atoms with E-state index in [9.17, 15) is 13.2 Å². The molecule has 2 aromatic rings. The van der Waals surface area contributed by atoms with Crippen molar-refractivity contribution in [2.24, 2.45) is 0 Å². The van der Waals surface area contributed by atoms with Crippen LogP contribution in [0.4, 0.5) is 5.69 Å². The molecule has 2 rings (SSSR count). The van der Waals surface area contributed by atoms with Crippen LogP contribution in [0, 0.1) is 13.8 Å². The highest BCUT2D eigenvalue weighted by molar-refractivity contribution is 7.94. The van der Waals surface area contributed by atoms with Gasteiger partial charge in [-0.3, -0.25) is 4.72 Å². The lowest BCUT2D eigenvalue weighted by Crippen LogP contribution is -2.13. The zero-order valence-electron chi connectivity index (χ0n) is 11.2. The Morgan fingerprint density at radius 3 is 2.43 bits per heavy atom. The second-order valence-electron chi connectivity index (χ2n) is 4.46. The molecule has 21 heavy (non-hydrogen) atoms. The van der Waals surface area contributed by atoms with E-state index in [0.29, 0.717) is 15.5 Å². The van der Waals surface area contributed by atoms with E-state index in [4.69, 9.17) is 16.7 Å². The summed E-state index contributed by atoms with van der Waals surface area (Å²) in [5.41, 5.74) is 1.55. The Morgan fingerprint density at radius 1 is 1.24 bits per heavy atom. The topological polar surface area (TPSA) is 83.5 Å². The standard InChI is InChI=1S/C13H12ClNO4S2/c1-7-3-4-9(13(16)17)6-10(7)15-21(18,19)11-5-8(2)12(14)20-11/h3-6,15H,1-2H3,(H,16,17). The fourth-order valence-electron chi connectivity index (χ4n) is 1.62. The molecule has 8 heteroatoms.